The summed E-state index contributed by atoms with van der Waals surface area (Å²) in [5, 5.41) is 14.1. The van der Waals surface area contributed by atoms with E-state index in [1.165, 1.54) is 5.57 Å². The number of carbonyl (C=O) groups is 2. The van der Waals surface area contributed by atoms with Gasteiger partial charge in [-0.2, -0.15) is 10.2 Å². The maximum atomic E-state index is 13.2. The van der Waals surface area contributed by atoms with E-state index in [0.29, 0.717) is 17.8 Å². The lowest BCUT2D eigenvalue weighted by atomic mass is 9.95. The number of aromatic nitrogens is 1. The number of allylic oxidation sites excluding steroid dienone is 2. The number of amides is 3. The van der Waals surface area contributed by atoms with Gasteiger partial charge in [0.1, 0.15) is 6.04 Å². The second kappa shape index (κ2) is 6.94. The average Bonchev–Trinajstić information content (AvgIpc) is 3.26. The van der Waals surface area contributed by atoms with Crippen LogP contribution in [0.3, 0.4) is 0 Å². The third kappa shape index (κ3) is 3.22. The van der Waals surface area contributed by atoms with Gasteiger partial charge in [0.2, 0.25) is 0 Å². The third-order valence-electron chi connectivity index (χ3n) is 5.26. The molecule has 3 amide bonds. The molecule has 0 unspecified atom stereocenters. The van der Waals surface area contributed by atoms with Gasteiger partial charge in [0.05, 0.1) is 17.3 Å². The molecule has 0 radical (unpaired) electrons. The number of hydrogen-bond acceptors (Lipinski definition) is 5. The minimum atomic E-state index is -0.533. The molecular weight excluding hydrogens is 344 g/mol. The van der Waals surface area contributed by atoms with Crippen molar-refractivity contribution >= 4 is 11.9 Å². The normalized spacial score (nSPS) is 24.0. The molecule has 2 atom stereocenters. The number of nitrogens with zero attached hydrogens (tertiary/aromatic N) is 4. The van der Waals surface area contributed by atoms with Gasteiger partial charge in [-0.05, 0) is 43.4 Å². The zero-order valence-electron chi connectivity index (χ0n) is 15.4. The van der Waals surface area contributed by atoms with Gasteiger partial charge >= 0.3 is 6.03 Å². The van der Waals surface area contributed by atoms with Gasteiger partial charge in [0.25, 0.3) is 5.91 Å². The molecule has 27 heavy (non-hydrogen) atoms. The second-order valence-electron chi connectivity index (χ2n) is 7.10. The Morgan fingerprint density at radius 1 is 1.37 bits per heavy atom. The molecule has 0 saturated heterocycles. The van der Waals surface area contributed by atoms with Crippen molar-refractivity contribution in [3.05, 3.63) is 52.6 Å². The largest absolute Gasteiger partial charge is 0.339 e. The Morgan fingerprint density at radius 3 is 3.00 bits per heavy atom. The van der Waals surface area contributed by atoms with Crippen LogP contribution in [0.25, 0.3) is 0 Å². The number of urea groups is 1. The van der Waals surface area contributed by atoms with Crippen LogP contribution in [-0.2, 0) is 4.79 Å². The summed E-state index contributed by atoms with van der Waals surface area (Å²) < 4.78 is 0. The van der Waals surface area contributed by atoms with E-state index in [9.17, 15) is 9.59 Å². The SMILES string of the molecule is CC1=C(C(=O)N(C)C[C@@H]2N=NC3=C2CCC3)[C@H](c2cccnc2)NC(=O)N1. The van der Waals surface area contributed by atoms with Gasteiger partial charge in [0.15, 0.2) is 0 Å². The van der Waals surface area contributed by atoms with E-state index in [4.69, 9.17) is 0 Å². The zero-order chi connectivity index (χ0) is 19.0. The van der Waals surface area contributed by atoms with Crippen LogP contribution < -0.4 is 10.6 Å². The quantitative estimate of drug-likeness (QED) is 0.856. The molecule has 2 N–H and O–H groups in total. The van der Waals surface area contributed by atoms with Crippen molar-refractivity contribution < 1.29 is 9.59 Å². The van der Waals surface area contributed by atoms with Crippen LogP contribution >= 0.6 is 0 Å². The van der Waals surface area contributed by atoms with Gasteiger partial charge in [-0.1, -0.05) is 6.07 Å². The predicted octanol–water partition coefficient (Wildman–Crippen LogP) is 2.44. The molecule has 8 heteroatoms. The molecule has 8 nitrogen and oxygen atoms in total. The number of carbonyl (C=O) groups excluding carboxylic acids is 2. The summed E-state index contributed by atoms with van der Waals surface area (Å²) in [5.74, 6) is -0.142. The summed E-state index contributed by atoms with van der Waals surface area (Å²) in [4.78, 5) is 31.0. The van der Waals surface area contributed by atoms with Crippen molar-refractivity contribution in [1.82, 2.24) is 20.5 Å². The molecule has 3 heterocycles. The maximum absolute atomic E-state index is 13.2. The molecule has 0 fully saturated rings. The van der Waals surface area contributed by atoms with Gasteiger partial charge in [-0.3, -0.25) is 9.78 Å². The van der Waals surface area contributed by atoms with Gasteiger partial charge < -0.3 is 15.5 Å². The van der Waals surface area contributed by atoms with Crippen molar-refractivity contribution in [1.29, 1.82) is 0 Å². The number of nitrogens with one attached hydrogen (secondary N) is 2. The van der Waals surface area contributed by atoms with E-state index in [1.807, 2.05) is 6.07 Å². The highest BCUT2D eigenvalue weighted by atomic mass is 16.2. The number of pyridine rings is 1. The molecule has 0 saturated carbocycles. The van der Waals surface area contributed by atoms with Crippen LogP contribution in [0, 0.1) is 0 Å². The minimum absolute atomic E-state index is 0.0552. The van der Waals surface area contributed by atoms with Crippen molar-refractivity contribution in [3.63, 3.8) is 0 Å². The molecule has 140 valence electrons. The predicted molar refractivity (Wildman–Crippen MR) is 98.5 cm³/mol. The molecule has 1 aromatic heterocycles. The lowest BCUT2D eigenvalue weighted by Gasteiger charge is -2.31. The Morgan fingerprint density at radius 2 is 2.22 bits per heavy atom. The Hall–Kier alpha value is -3.03. The van der Waals surface area contributed by atoms with E-state index >= 15 is 0 Å². The average molecular weight is 366 g/mol. The first-order valence-electron chi connectivity index (χ1n) is 9.11. The minimum Gasteiger partial charge on any atom is -0.339 e. The van der Waals surface area contributed by atoms with E-state index in [-0.39, 0.29) is 18.0 Å². The first-order valence-corrected chi connectivity index (χ1v) is 9.11. The van der Waals surface area contributed by atoms with E-state index in [2.05, 4.69) is 25.8 Å². The number of rotatable bonds is 4. The van der Waals surface area contributed by atoms with Gasteiger partial charge in [-0.25, -0.2) is 4.79 Å². The first-order chi connectivity index (χ1) is 13.0. The van der Waals surface area contributed by atoms with E-state index in [0.717, 1.165) is 30.5 Å². The Balaban J connectivity index is 1.57. The van der Waals surface area contributed by atoms with Crippen LogP contribution in [0.2, 0.25) is 0 Å². The molecular formula is C19H22N6O2. The van der Waals surface area contributed by atoms with E-state index in [1.54, 1.807) is 37.3 Å². The highest BCUT2D eigenvalue weighted by Crippen LogP contribution is 2.36. The lowest BCUT2D eigenvalue weighted by Crippen LogP contribution is -2.48. The fourth-order valence-electron chi connectivity index (χ4n) is 3.90. The summed E-state index contributed by atoms with van der Waals surface area (Å²) in [6.45, 7) is 2.22. The molecule has 4 rings (SSSR count). The second-order valence-corrected chi connectivity index (χ2v) is 7.10. The topological polar surface area (TPSA) is 99.1 Å². The van der Waals surface area contributed by atoms with Crippen LogP contribution in [0.5, 0.6) is 0 Å². The Kier molecular flexibility index (Phi) is 4.47. The highest BCUT2D eigenvalue weighted by Gasteiger charge is 2.35. The maximum Gasteiger partial charge on any atom is 0.319 e. The fraction of sp³-hybridized carbons (Fsp3) is 0.421. The Labute approximate surface area is 157 Å². The number of hydrogen-bond donors (Lipinski definition) is 2. The lowest BCUT2D eigenvalue weighted by molar-refractivity contribution is -0.126. The zero-order valence-corrected chi connectivity index (χ0v) is 15.4. The van der Waals surface area contributed by atoms with E-state index < -0.39 is 6.04 Å². The molecule has 0 spiro atoms. The molecule has 0 bridgehead atoms. The molecule has 0 aromatic carbocycles. The van der Waals surface area contributed by atoms with Crippen molar-refractivity contribution in [2.24, 2.45) is 10.2 Å². The summed E-state index contributed by atoms with van der Waals surface area (Å²) in [6, 6.07) is 2.72. The first kappa shape index (κ1) is 17.4. The summed E-state index contributed by atoms with van der Waals surface area (Å²) in [5.41, 5.74) is 4.19. The highest BCUT2D eigenvalue weighted by molar-refractivity contribution is 5.98. The van der Waals surface area contributed by atoms with Crippen LogP contribution in [0.4, 0.5) is 4.79 Å². The smallest absolute Gasteiger partial charge is 0.319 e. The Bertz CT molecular complexity index is 873. The van der Waals surface area contributed by atoms with Crippen LogP contribution in [0.15, 0.2) is 57.3 Å². The molecule has 2 aliphatic heterocycles. The summed E-state index contributed by atoms with van der Waals surface area (Å²) >= 11 is 0. The van der Waals surface area contributed by atoms with Crippen molar-refractivity contribution in [2.75, 3.05) is 13.6 Å². The summed E-state index contributed by atoms with van der Waals surface area (Å²) in [6.07, 6.45) is 6.43. The van der Waals surface area contributed by atoms with Crippen LogP contribution in [0.1, 0.15) is 37.8 Å². The fourth-order valence-corrected chi connectivity index (χ4v) is 3.90. The standard InChI is InChI=1S/C19H22N6O2/c1-11-16(17(22-19(27)21-11)12-5-4-8-20-9-12)18(26)25(2)10-15-13-6-3-7-14(13)23-24-15/h4-5,8-9,15,17H,3,6-7,10H2,1-2H3,(H2,21,22,27)/t15-,17-/m0/s1. The van der Waals surface area contributed by atoms with Gasteiger partial charge in [0, 0.05) is 31.7 Å². The molecule has 3 aliphatic rings. The van der Waals surface area contributed by atoms with Crippen molar-refractivity contribution in [3.8, 4) is 0 Å². The van der Waals surface area contributed by atoms with Crippen molar-refractivity contribution in [2.45, 2.75) is 38.3 Å². The summed E-state index contributed by atoms with van der Waals surface area (Å²) in [7, 11) is 1.77. The molecule has 1 aliphatic carbocycles. The third-order valence-corrected chi connectivity index (χ3v) is 5.26. The monoisotopic (exact) mass is 366 g/mol. The number of azo groups is 1. The van der Waals surface area contributed by atoms with Crippen LogP contribution in [-0.4, -0.2) is 41.5 Å². The number of likely N-dealkylation sites (N-methyl/N-ethyl adjacent to an activating group) is 1. The molecule has 1 aromatic rings. The van der Waals surface area contributed by atoms with Gasteiger partial charge in [-0.15, -0.1) is 0 Å².